The third-order valence-corrected chi connectivity index (χ3v) is 7.07. The van der Waals surface area contributed by atoms with E-state index in [1.165, 1.54) is 12.1 Å². The number of hydrogen-bond donors (Lipinski definition) is 0. The van der Waals surface area contributed by atoms with Crippen LogP contribution in [0.1, 0.15) is 55.7 Å². The summed E-state index contributed by atoms with van der Waals surface area (Å²) in [5.41, 5.74) is -1.90. The Morgan fingerprint density at radius 1 is 0.784 bits per heavy atom. The number of rotatable bonds is 7. The molecule has 0 atom stereocenters. The summed E-state index contributed by atoms with van der Waals surface area (Å²) in [5.74, 6) is -6.24. The minimum Gasteiger partial charge on any atom is -0.429 e. The maximum absolute atomic E-state index is 14.8. The molecule has 1 aliphatic carbocycles. The van der Waals surface area contributed by atoms with E-state index in [0.717, 1.165) is 31.7 Å². The maximum atomic E-state index is 14.8. The van der Waals surface area contributed by atoms with E-state index in [1.807, 2.05) is 0 Å². The van der Waals surface area contributed by atoms with E-state index in [0.29, 0.717) is 48.1 Å². The molecule has 1 aliphatic rings. The summed E-state index contributed by atoms with van der Waals surface area (Å²) in [6.07, 6.45) is 0.151. The van der Waals surface area contributed by atoms with Gasteiger partial charge in [-0.05, 0) is 60.9 Å². The van der Waals surface area contributed by atoms with Gasteiger partial charge in [0.25, 0.3) is 0 Å². The molecule has 8 heteroatoms. The zero-order chi connectivity index (χ0) is 26.9. The van der Waals surface area contributed by atoms with Gasteiger partial charge in [-0.2, -0.15) is 8.78 Å². The van der Waals surface area contributed by atoms with Crippen LogP contribution in [0.25, 0.3) is 11.1 Å². The fraction of sp³-hybridized carbons (Fsp3) is 0.379. The number of benzene rings is 3. The van der Waals surface area contributed by atoms with Crippen molar-refractivity contribution in [3.63, 3.8) is 0 Å². The predicted molar refractivity (Wildman–Crippen MR) is 127 cm³/mol. The number of ether oxygens (including phenoxy) is 1. The van der Waals surface area contributed by atoms with Crippen LogP contribution in [0.4, 0.5) is 30.7 Å². The van der Waals surface area contributed by atoms with Crippen molar-refractivity contribution in [2.75, 3.05) is 0 Å². The third-order valence-electron chi connectivity index (χ3n) is 7.07. The van der Waals surface area contributed by atoms with E-state index in [1.54, 1.807) is 6.92 Å². The van der Waals surface area contributed by atoms with Crippen LogP contribution in [0.15, 0.2) is 42.5 Å². The normalized spacial score (nSPS) is 18.2. The highest BCUT2D eigenvalue weighted by molar-refractivity contribution is 5.65. The first kappa shape index (κ1) is 27.0. The van der Waals surface area contributed by atoms with Crippen molar-refractivity contribution in [2.24, 2.45) is 11.8 Å². The summed E-state index contributed by atoms with van der Waals surface area (Å²) in [5, 5.41) is 0. The Morgan fingerprint density at radius 2 is 1.38 bits per heavy atom. The zero-order valence-corrected chi connectivity index (χ0v) is 20.5. The Kier molecular flexibility index (Phi) is 7.85. The van der Waals surface area contributed by atoms with E-state index in [-0.39, 0.29) is 23.1 Å². The molecule has 4 rings (SSSR count). The minimum absolute atomic E-state index is 0.105. The quantitative estimate of drug-likeness (QED) is 0.280. The summed E-state index contributed by atoms with van der Waals surface area (Å²) < 4.78 is 107. The van der Waals surface area contributed by atoms with Gasteiger partial charge in [0.15, 0.2) is 0 Å². The van der Waals surface area contributed by atoms with Gasteiger partial charge < -0.3 is 4.74 Å². The van der Waals surface area contributed by atoms with E-state index in [9.17, 15) is 30.7 Å². The van der Waals surface area contributed by atoms with Crippen LogP contribution in [0, 0.1) is 47.8 Å². The highest BCUT2D eigenvalue weighted by Crippen LogP contribution is 2.38. The van der Waals surface area contributed by atoms with Gasteiger partial charge in [-0.3, -0.25) is 0 Å². The van der Waals surface area contributed by atoms with Gasteiger partial charge in [-0.25, -0.2) is 22.0 Å². The minimum atomic E-state index is -4.60. The lowest BCUT2D eigenvalue weighted by molar-refractivity contribution is -0.189. The van der Waals surface area contributed by atoms with Crippen molar-refractivity contribution in [3.8, 4) is 16.9 Å². The van der Waals surface area contributed by atoms with Crippen molar-refractivity contribution in [1.82, 2.24) is 0 Å². The van der Waals surface area contributed by atoms with Crippen molar-refractivity contribution >= 4 is 0 Å². The summed E-state index contributed by atoms with van der Waals surface area (Å²) in [7, 11) is 0. The molecule has 0 N–H and O–H groups in total. The highest BCUT2D eigenvalue weighted by atomic mass is 19.3. The number of aryl methyl sites for hydroxylation is 1. The molecule has 0 aromatic heterocycles. The summed E-state index contributed by atoms with van der Waals surface area (Å²) in [4.78, 5) is 0. The number of hydrogen-bond acceptors (Lipinski definition) is 1. The average molecular weight is 525 g/mol. The Labute approximate surface area is 211 Å². The van der Waals surface area contributed by atoms with Crippen LogP contribution in [-0.4, -0.2) is 0 Å². The lowest BCUT2D eigenvalue weighted by Crippen LogP contribution is -2.25. The van der Waals surface area contributed by atoms with Crippen LogP contribution in [0.2, 0.25) is 0 Å². The lowest BCUT2D eigenvalue weighted by Gasteiger charge is -2.26. The van der Waals surface area contributed by atoms with Gasteiger partial charge in [0.05, 0.1) is 0 Å². The fourth-order valence-corrected chi connectivity index (χ4v) is 4.90. The lowest BCUT2D eigenvalue weighted by atomic mass is 9.80. The van der Waals surface area contributed by atoms with Crippen molar-refractivity contribution in [3.05, 3.63) is 88.2 Å². The van der Waals surface area contributed by atoms with Gasteiger partial charge in [0.2, 0.25) is 0 Å². The van der Waals surface area contributed by atoms with E-state index >= 15 is 0 Å². The molecule has 1 saturated carbocycles. The van der Waals surface area contributed by atoms with Crippen molar-refractivity contribution in [1.29, 1.82) is 0 Å². The molecule has 0 heterocycles. The molecular weight excluding hydrogens is 497 g/mol. The fourth-order valence-electron chi connectivity index (χ4n) is 4.90. The molecule has 0 spiro atoms. The van der Waals surface area contributed by atoms with Gasteiger partial charge >= 0.3 is 6.11 Å². The summed E-state index contributed by atoms with van der Waals surface area (Å²) in [6.45, 7) is 3.78. The Balaban J connectivity index is 1.53. The van der Waals surface area contributed by atoms with Gasteiger partial charge in [0.1, 0.15) is 40.4 Å². The monoisotopic (exact) mass is 524 g/mol. The summed E-state index contributed by atoms with van der Waals surface area (Å²) >= 11 is 0. The Hall–Kier alpha value is -3.03. The second-order valence-electron chi connectivity index (χ2n) is 9.95. The summed E-state index contributed by atoms with van der Waals surface area (Å²) in [6, 6.07) is 6.19. The molecule has 3 aromatic rings. The van der Waals surface area contributed by atoms with E-state index in [2.05, 4.69) is 11.7 Å². The molecule has 0 saturated heterocycles. The molecule has 0 aliphatic heterocycles. The second-order valence-corrected chi connectivity index (χ2v) is 9.95. The van der Waals surface area contributed by atoms with Gasteiger partial charge in [-0.1, -0.05) is 44.7 Å². The van der Waals surface area contributed by atoms with Crippen LogP contribution in [-0.2, 0) is 12.5 Å². The topological polar surface area (TPSA) is 9.23 Å². The Morgan fingerprint density at radius 3 is 1.95 bits per heavy atom. The first-order chi connectivity index (χ1) is 17.4. The first-order valence-electron chi connectivity index (χ1n) is 12.3. The molecule has 1 nitrogen and oxygen atoms in total. The van der Waals surface area contributed by atoms with Crippen LogP contribution in [0.5, 0.6) is 5.75 Å². The van der Waals surface area contributed by atoms with Crippen molar-refractivity contribution < 1.29 is 35.5 Å². The second kappa shape index (κ2) is 10.8. The van der Waals surface area contributed by atoms with Gasteiger partial charge in [0, 0.05) is 23.3 Å². The maximum Gasteiger partial charge on any atom is 0.432 e. The zero-order valence-electron chi connectivity index (χ0n) is 20.5. The predicted octanol–water partition coefficient (Wildman–Crippen LogP) is 9.24. The van der Waals surface area contributed by atoms with Crippen LogP contribution < -0.4 is 4.74 Å². The van der Waals surface area contributed by atoms with E-state index in [4.69, 9.17) is 0 Å². The largest absolute Gasteiger partial charge is 0.432 e. The SMILES string of the molecule is Cc1ccc(-c2cc(F)c(C(F)(F)Oc3cc(F)c(CCC4CCC(C)CC4)c(F)c3)c(F)c2)c(F)c1. The van der Waals surface area contributed by atoms with Gasteiger partial charge in [-0.15, -0.1) is 0 Å². The highest BCUT2D eigenvalue weighted by Gasteiger charge is 2.41. The molecule has 3 aromatic carbocycles. The molecule has 0 bridgehead atoms. The standard InChI is InChI=1S/C29H27F7O/c1-16-3-6-18(7-4-16)8-10-22-24(31)14-20(15-25(22)32)37-29(35,36)28-26(33)12-19(13-27(28)34)21-9-5-17(2)11-23(21)30/h5,9,11-16,18H,3-4,6-8,10H2,1-2H3. The smallest absolute Gasteiger partial charge is 0.429 e. The average Bonchev–Trinajstić information content (AvgIpc) is 2.78. The molecule has 0 amide bonds. The Bertz CT molecular complexity index is 1230. The first-order valence-corrected chi connectivity index (χ1v) is 12.3. The third kappa shape index (κ3) is 6.11. The van der Waals surface area contributed by atoms with Crippen LogP contribution in [0.3, 0.4) is 0 Å². The molecule has 1 fully saturated rings. The molecule has 0 unspecified atom stereocenters. The molecule has 0 radical (unpaired) electrons. The molecular formula is C29H27F7O. The molecule has 198 valence electrons. The van der Waals surface area contributed by atoms with Crippen molar-refractivity contribution in [2.45, 2.75) is 58.5 Å². The van der Waals surface area contributed by atoms with Crippen LogP contribution >= 0.6 is 0 Å². The number of halogens is 7. The number of alkyl halides is 2. The van der Waals surface area contributed by atoms with E-state index < -0.39 is 46.5 Å². The molecule has 37 heavy (non-hydrogen) atoms.